The largest absolute Gasteiger partial charge is 0.474 e. The Kier molecular flexibility index (Phi) is 5.80. The van der Waals surface area contributed by atoms with E-state index in [2.05, 4.69) is 0 Å². The van der Waals surface area contributed by atoms with Crippen LogP contribution in [0.3, 0.4) is 0 Å². The Morgan fingerprint density at radius 1 is 1.28 bits per heavy atom. The second-order valence-electron chi connectivity index (χ2n) is 3.53. The summed E-state index contributed by atoms with van der Waals surface area (Å²) in [5, 5.41) is 8.03. The van der Waals surface area contributed by atoms with Crippen molar-refractivity contribution >= 4 is 57.9 Å². The lowest BCUT2D eigenvalue weighted by atomic mass is 10.1. The van der Waals surface area contributed by atoms with E-state index >= 15 is 0 Å². The quantitative estimate of drug-likeness (QED) is 0.467. The maximum absolute atomic E-state index is 7.35. The lowest BCUT2D eigenvalue weighted by molar-refractivity contribution is 0.340. The van der Waals surface area contributed by atoms with E-state index in [1.165, 1.54) is 0 Å². The van der Waals surface area contributed by atoms with E-state index in [9.17, 15) is 0 Å². The zero-order chi connectivity index (χ0) is 13.8. The SMILES string of the molecule is C/C(=C\COC(=N)C(Cl)(Cl)Cl)c1ccc(Cl)cc1. The van der Waals surface area contributed by atoms with Crippen LogP contribution in [-0.4, -0.2) is 16.3 Å². The molecule has 0 atom stereocenters. The van der Waals surface area contributed by atoms with E-state index in [0.717, 1.165) is 11.1 Å². The molecule has 0 radical (unpaired) electrons. The van der Waals surface area contributed by atoms with Crippen LogP contribution >= 0.6 is 46.4 Å². The minimum Gasteiger partial charge on any atom is -0.474 e. The molecule has 0 saturated heterocycles. The first-order chi connectivity index (χ1) is 8.30. The summed E-state index contributed by atoms with van der Waals surface area (Å²) in [4.78, 5) is 0. The van der Waals surface area contributed by atoms with Gasteiger partial charge in [-0.25, -0.2) is 0 Å². The molecule has 0 saturated carbocycles. The number of ether oxygens (including phenoxy) is 1. The number of rotatable bonds is 3. The highest BCUT2D eigenvalue weighted by atomic mass is 35.6. The molecule has 1 aromatic carbocycles. The topological polar surface area (TPSA) is 33.1 Å². The van der Waals surface area contributed by atoms with Crippen molar-refractivity contribution in [3.05, 3.63) is 40.9 Å². The number of halogens is 4. The molecule has 0 bridgehead atoms. The molecule has 0 spiro atoms. The summed E-state index contributed by atoms with van der Waals surface area (Å²) in [7, 11) is 0. The van der Waals surface area contributed by atoms with Crippen LogP contribution in [-0.2, 0) is 4.74 Å². The molecule has 98 valence electrons. The fourth-order valence-corrected chi connectivity index (χ4v) is 1.45. The lowest BCUT2D eigenvalue weighted by Crippen LogP contribution is -2.21. The standard InChI is InChI=1S/C12H11Cl4NO/c1-8(9-2-4-10(13)5-3-9)6-7-18-11(17)12(14,15)16/h2-6,17H,7H2,1H3/b8-6+,17-11?. The number of allylic oxidation sites excluding steroid dienone is 1. The monoisotopic (exact) mass is 325 g/mol. The molecule has 0 amide bonds. The molecule has 1 rings (SSSR count). The van der Waals surface area contributed by atoms with Gasteiger partial charge in [0.2, 0.25) is 5.90 Å². The van der Waals surface area contributed by atoms with Gasteiger partial charge in [-0.3, -0.25) is 5.41 Å². The Labute approximate surface area is 126 Å². The predicted octanol–water partition coefficient (Wildman–Crippen LogP) is 5.11. The molecular formula is C12H11Cl4NO. The lowest BCUT2D eigenvalue weighted by Gasteiger charge is -2.12. The minimum atomic E-state index is -1.82. The second kappa shape index (κ2) is 6.67. The van der Waals surface area contributed by atoms with Gasteiger partial charge in [0.25, 0.3) is 3.79 Å². The number of benzene rings is 1. The van der Waals surface area contributed by atoms with E-state index in [0.29, 0.717) is 5.02 Å². The molecule has 0 unspecified atom stereocenters. The number of alkyl halides is 3. The highest BCUT2D eigenvalue weighted by Crippen LogP contribution is 2.27. The Bertz CT molecular complexity index is 448. The summed E-state index contributed by atoms with van der Waals surface area (Å²) in [6, 6.07) is 7.40. The number of hydrogen-bond donors (Lipinski definition) is 1. The smallest absolute Gasteiger partial charge is 0.265 e. The van der Waals surface area contributed by atoms with Crippen LogP contribution in [0.25, 0.3) is 5.57 Å². The van der Waals surface area contributed by atoms with Crippen molar-refractivity contribution in [2.75, 3.05) is 6.61 Å². The molecule has 1 aromatic rings. The Hall–Kier alpha value is -0.410. The van der Waals surface area contributed by atoms with E-state index in [1.54, 1.807) is 18.2 Å². The Morgan fingerprint density at radius 3 is 2.33 bits per heavy atom. The van der Waals surface area contributed by atoms with Gasteiger partial charge in [0.15, 0.2) is 0 Å². The normalized spacial score (nSPS) is 12.4. The number of nitrogens with one attached hydrogen (secondary N) is 1. The van der Waals surface area contributed by atoms with Gasteiger partial charge in [0.05, 0.1) is 0 Å². The summed E-state index contributed by atoms with van der Waals surface area (Å²) in [6.07, 6.45) is 1.80. The average Bonchev–Trinajstić information content (AvgIpc) is 2.28. The van der Waals surface area contributed by atoms with Crippen LogP contribution < -0.4 is 0 Å². The van der Waals surface area contributed by atoms with Crippen molar-refractivity contribution < 1.29 is 4.74 Å². The van der Waals surface area contributed by atoms with Gasteiger partial charge >= 0.3 is 0 Å². The molecule has 0 aromatic heterocycles. The van der Waals surface area contributed by atoms with E-state index in [4.69, 9.17) is 56.5 Å². The first-order valence-electron chi connectivity index (χ1n) is 5.02. The highest BCUT2D eigenvalue weighted by Gasteiger charge is 2.28. The third kappa shape index (κ3) is 5.07. The van der Waals surface area contributed by atoms with Crippen molar-refractivity contribution in [3.63, 3.8) is 0 Å². The van der Waals surface area contributed by atoms with Crippen molar-refractivity contribution in [1.29, 1.82) is 5.41 Å². The average molecular weight is 327 g/mol. The predicted molar refractivity (Wildman–Crippen MR) is 79.1 cm³/mol. The Balaban J connectivity index is 2.58. The van der Waals surface area contributed by atoms with E-state index in [-0.39, 0.29) is 6.61 Å². The second-order valence-corrected chi connectivity index (χ2v) is 6.25. The molecule has 1 N–H and O–H groups in total. The van der Waals surface area contributed by atoms with Gasteiger partial charge in [-0.05, 0) is 36.3 Å². The van der Waals surface area contributed by atoms with Gasteiger partial charge in [-0.2, -0.15) is 0 Å². The van der Waals surface area contributed by atoms with E-state index < -0.39 is 9.69 Å². The minimum absolute atomic E-state index is 0.168. The summed E-state index contributed by atoms with van der Waals surface area (Å²) in [6.45, 7) is 2.09. The molecule has 18 heavy (non-hydrogen) atoms. The fraction of sp³-hybridized carbons (Fsp3) is 0.250. The van der Waals surface area contributed by atoms with Crippen LogP contribution in [0.4, 0.5) is 0 Å². The van der Waals surface area contributed by atoms with Crippen LogP contribution in [0, 0.1) is 5.41 Å². The molecule has 0 aliphatic carbocycles. The molecular weight excluding hydrogens is 316 g/mol. The maximum Gasteiger partial charge on any atom is 0.265 e. The summed E-state index contributed by atoms with van der Waals surface area (Å²) < 4.78 is 3.19. The van der Waals surface area contributed by atoms with Crippen molar-refractivity contribution in [2.24, 2.45) is 0 Å². The Morgan fingerprint density at radius 2 is 1.83 bits per heavy atom. The molecule has 0 aliphatic heterocycles. The van der Waals surface area contributed by atoms with Crippen molar-refractivity contribution in [2.45, 2.75) is 10.7 Å². The van der Waals surface area contributed by atoms with Crippen LogP contribution in [0.1, 0.15) is 12.5 Å². The fourth-order valence-electron chi connectivity index (χ4n) is 1.16. The third-order valence-electron chi connectivity index (χ3n) is 2.17. The summed E-state index contributed by atoms with van der Waals surface area (Å²) in [5.41, 5.74) is 2.01. The van der Waals surface area contributed by atoms with Gasteiger partial charge in [0.1, 0.15) is 6.61 Å². The summed E-state index contributed by atoms with van der Waals surface area (Å²) >= 11 is 22.2. The van der Waals surface area contributed by atoms with Gasteiger partial charge in [0, 0.05) is 5.02 Å². The molecule has 0 heterocycles. The first kappa shape index (κ1) is 15.6. The number of hydrogen-bond acceptors (Lipinski definition) is 2. The molecule has 0 aliphatic rings. The highest BCUT2D eigenvalue weighted by molar-refractivity contribution is 6.76. The zero-order valence-corrected chi connectivity index (χ0v) is 12.5. The molecule has 0 fully saturated rings. The third-order valence-corrected chi connectivity index (χ3v) is 2.94. The van der Waals surface area contributed by atoms with Crippen molar-refractivity contribution in [3.8, 4) is 0 Å². The summed E-state index contributed by atoms with van der Waals surface area (Å²) in [5.74, 6) is -0.396. The maximum atomic E-state index is 7.35. The van der Waals surface area contributed by atoms with Crippen molar-refractivity contribution in [1.82, 2.24) is 0 Å². The van der Waals surface area contributed by atoms with Crippen LogP contribution in [0.2, 0.25) is 5.02 Å². The van der Waals surface area contributed by atoms with Gasteiger partial charge < -0.3 is 4.74 Å². The van der Waals surface area contributed by atoms with Crippen LogP contribution in [0.5, 0.6) is 0 Å². The molecule has 6 heteroatoms. The molecule has 2 nitrogen and oxygen atoms in total. The van der Waals surface area contributed by atoms with E-state index in [1.807, 2.05) is 19.1 Å². The van der Waals surface area contributed by atoms with Gasteiger partial charge in [-0.1, -0.05) is 58.5 Å². The van der Waals surface area contributed by atoms with Gasteiger partial charge in [-0.15, -0.1) is 0 Å². The van der Waals surface area contributed by atoms with Crippen LogP contribution in [0.15, 0.2) is 30.3 Å². The zero-order valence-electron chi connectivity index (χ0n) is 9.51. The first-order valence-corrected chi connectivity index (χ1v) is 6.53.